The van der Waals surface area contributed by atoms with Crippen LogP contribution in [0.1, 0.15) is 33.3 Å². The van der Waals surface area contributed by atoms with E-state index in [0.29, 0.717) is 15.7 Å². The minimum atomic E-state index is -0.761. The molecule has 0 saturated heterocycles. The molecule has 0 atom stereocenters. The monoisotopic (exact) mass is 302 g/mol. The fraction of sp³-hybridized carbons (Fsp3) is 0.500. The van der Waals surface area contributed by atoms with Crippen molar-refractivity contribution in [3.8, 4) is 0 Å². The van der Waals surface area contributed by atoms with Gasteiger partial charge in [0.05, 0.1) is 21.1 Å². The second kappa shape index (κ2) is 5.31. The fourth-order valence-electron chi connectivity index (χ4n) is 1.33. The molecule has 0 heterocycles. The summed E-state index contributed by atoms with van der Waals surface area (Å²) in [6.45, 7) is 9.06. The first-order chi connectivity index (χ1) is 8.48. The van der Waals surface area contributed by atoms with Gasteiger partial charge in [-0.1, -0.05) is 29.3 Å². The lowest BCUT2D eigenvalue weighted by atomic mass is 9.74. The van der Waals surface area contributed by atoms with Crippen molar-refractivity contribution >= 4 is 34.8 Å². The molecule has 0 saturated carbocycles. The van der Waals surface area contributed by atoms with Crippen LogP contribution in [0, 0.1) is 12.3 Å². The van der Waals surface area contributed by atoms with Crippen LogP contribution >= 0.6 is 23.2 Å². The zero-order chi connectivity index (χ0) is 15.0. The van der Waals surface area contributed by atoms with Crippen molar-refractivity contribution in [3.05, 3.63) is 27.7 Å². The third-order valence-corrected chi connectivity index (χ3v) is 4.50. The maximum Gasteiger partial charge on any atom is 0.231 e. The topological polar surface area (TPSA) is 55.1 Å². The van der Waals surface area contributed by atoms with Crippen LogP contribution in [0.5, 0.6) is 0 Å². The quantitative estimate of drug-likeness (QED) is 0.886. The zero-order valence-corrected chi connectivity index (χ0v) is 13.4. The summed E-state index contributed by atoms with van der Waals surface area (Å²) in [4.78, 5) is 12.4. The van der Waals surface area contributed by atoms with Crippen LogP contribution in [0.3, 0.4) is 0 Å². The standard InChI is InChI=1S/C14H20Cl2N2O/c1-8-6-7-9(15)11(10(8)16)18-12(19)13(2,3)14(4,5)17/h6-7H,17H2,1-5H3,(H,18,19). The van der Waals surface area contributed by atoms with Gasteiger partial charge in [0, 0.05) is 5.54 Å². The van der Waals surface area contributed by atoms with Crippen molar-refractivity contribution in [2.75, 3.05) is 5.32 Å². The number of amides is 1. The molecule has 0 aliphatic rings. The van der Waals surface area contributed by atoms with Crippen molar-refractivity contribution in [3.63, 3.8) is 0 Å². The minimum Gasteiger partial charge on any atom is -0.325 e. The van der Waals surface area contributed by atoms with Gasteiger partial charge in [-0.2, -0.15) is 0 Å². The van der Waals surface area contributed by atoms with Crippen molar-refractivity contribution in [1.82, 2.24) is 0 Å². The summed E-state index contributed by atoms with van der Waals surface area (Å²) >= 11 is 12.3. The average Bonchev–Trinajstić information content (AvgIpc) is 2.27. The number of carbonyl (C=O) groups is 1. The van der Waals surface area contributed by atoms with Crippen molar-refractivity contribution in [1.29, 1.82) is 0 Å². The van der Waals surface area contributed by atoms with Crippen LogP contribution in [0.4, 0.5) is 5.69 Å². The van der Waals surface area contributed by atoms with Gasteiger partial charge in [0.25, 0.3) is 0 Å². The van der Waals surface area contributed by atoms with Crippen LogP contribution in [-0.4, -0.2) is 11.4 Å². The lowest BCUT2D eigenvalue weighted by molar-refractivity contribution is -0.126. The van der Waals surface area contributed by atoms with Crippen LogP contribution in [-0.2, 0) is 4.79 Å². The number of benzene rings is 1. The molecule has 3 N–H and O–H groups in total. The summed E-state index contributed by atoms with van der Waals surface area (Å²) < 4.78 is 0. The highest BCUT2D eigenvalue weighted by atomic mass is 35.5. The normalized spacial score (nSPS) is 12.4. The molecule has 106 valence electrons. The van der Waals surface area contributed by atoms with Gasteiger partial charge in [-0.05, 0) is 46.2 Å². The lowest BCUT2D eigenvalue weighted by Crippen LogP contribution is -2.53. The molecule has 1 aromatic carbocycles. The molecule has 0 aromatic heterocycles. The van der Waals surface area contributed by atoms with Gasteiger partial charge >= 0.3 is 0 Å². The van der Waals surface area contributed by atoms with Gasteiger partial charge in [-0.25, -0.2) is 0 Å². The Balaban J connectivity index is 3.12. The van der Waals surface area contributed by atoms with E-state index >= 15 is 0 Å². The number of anilines is 1. The molecule has 0 unspecified atom stereocenters. The van der Waals surface area contributed by atoms with E-state index in [2.05, 4.69) is 5.32 Å². The highest BCUT2D eigenvalue weighted by Gasteiger charge is 2.40. The minimum absolute atomic E-state index is 0.214. The number of nitrogens with two attached hydrogens (primary N) is 1. The SMILES string of the molecule is Cc1ccc(Cl)c(NC(=O)C(C)(C)C(C)(C)N)c1Cl. The van der Waals surface area contributed by atoms with E-state index in [9.17, 15) is 4.79 Å². The summed E-state index contributed by atoms with van der Waals surface area (Å²) in [5.74, 6) is -0.214. The molecule has 0 fully saturated rings. The van der Waals surface area contributed by atoms with Crippen LogP contribution < -0.4 is 11.1 Å². The summed E-state index contributed by atoms with van der Waals surface area (Å²) in [6, 6.07) is 3.51. The Kier molecular flexibility index (Phi) is 4.55. The molecule has 1 amide bonds. The Morgan fingerprint density at radius 1 is 1.21 bits per heavy atom. The maximum atomic E-state index is 12.4. The predicted octanol–water partition coefficient (Wildman–Crippen LogP) is 4.00. The van der Waals surface area contributed by atoms with Gasteiger partial charge in [-0.3, -0.25) is 4.79 Å². The number of nitrogens with one attached hydrogen (secondary N) is 1. The third kappa shape index (κ3) is 3.22. The Hall–Kier alpha value is -0.770. The summed E-state index contributed by atoms with van der Waals surface area (Å²) in [7, 11) is 0. The first-order valence-electron chi connectivity index (χ1n) is 6.03. The zero-order valence-electron chi connectivity index (χ0n) is 11.9. The third-order valence-electron chi connectivity index (χ3n) is 3.70. The lowest BCUT2D eigenvalue weighted by Gasteiger charge is -2.37. The Morgan fingerprint density at radius 3 is 2.21 bits per heavy atom. The summed E-state index contributed by atoms with van der Waals surface area (Å²) in [5, 5.41) is 3.65. The van der Waals surface area contributed by atoms with Crippen molar-refractivity contribution in [2.24, 2.45) is 11.1 Å². The van der Waals surface area contributed by atoms with Gasteiger partial charge in [0.15, 0.2) is 0 Å². The smallest absolute Gasteiger partial charge is 0.231 e. The fourth-order valence-corrected chi connectivity index (χ4v) is 1.80. The van der Waals surface area contributed by atoms with E-state index in [1.54, 1.807) is 26.0 Å². The summed E-state index contributed by atoms with van der Waals surface area (Å²) in [5.41, 5.74) is 5.91. The van der Waals surface area contributed by atoms with Gasteiger partial charge in [0.1, 0.15) is 0 Å². The van der Waals surface area contributed by atoms with Crippen molar-refractivity contribution < 1.29 is 4.79 Å². The van der Waals surface area contributed by atoms with Crippen molar-refractivity contribution in [2.45, 2.75) is 40.2 Å². The van der Waals surface area contributed by atoms with E-state index in [0.717, 1.165) is 5.56 Å². The Bertz CT molecular complexity index is 505. The Morgan fingerprint density at radius 2 is 1.74 bits per heavy atom. The van der Waals surface area contributed by atoms with E-state index in [1.807, 2.05) is 20.8 Å². The molecule has 0 aliphatic carbocycles. The second-order valence-corrected chi connectivity index (χ2v) is 6.64. The first kappa shape index (κ1) is 16.3. The van der Waals surface area contributed by atoms with Gasteiger partial charge in [0.2, 0.25) is 5.91 Å². The maximum absolute atomic E-state index is 12.4. The highest BCUT2D eigenvalue weighted by molar-refractivity contribution is 6.40. The average molecular weight is 303 g/mol. The highest BCUT2D eigenvalue weighted by Crippen LogP contribution is 2.36. The molecule has 0 bridgehead atoms. The van der Waals surface area contributed by atoms with Crippen LogP contribution in [0.2, 0.25) is 10.0 Å². The number of aryl methyl sites for hydroxylation is 1. The predicted molar refractivity (Wildman–Crippen MR) is 81.9 cm³/mol. The number of carbonyl (C=O) groups excluding carboxylic acids is 1. The number of hydrogen-bond acceptors (Lipinski definition) is 2. The summed E-state index contributed by atoms with van der Waals surface area (Å²) in [6.07, 6.45) is 0. The Labute approximate surface area is 124 Å². The number of halogens is 2. The van der Waals surface area contributed by atoms with E-state index in [-0.39, 0.29) is 5.91 Å². The molecular formula is C14H20Cl2N2O. The number of rotatable bonds is 3. The molecule has 5 heteroatoms. The number of hydrogen-bond donors (Lipinski definition) is 2. The molecule has 1 rings (SSSR count). The van der Waals surface area contributed by atoms with Crippen LogP contribution in [0.25, 0.3) is 0 Å². The second-order valence-electron chi connectivity index (χ2n) is 5.85. The first-order valence-corrected chi connectivity index (χ1v) is 6.79. The molecule has 3 nitrogen and oxygen atoms in total. The molecule has 0 spiro atoms. The van der Waals surface area contributed by atoms with E-state index in [4.69, 9.17) is 28.9 Å². The van der Waals surface area contributed by atoms with Gasteiger partial charge < -0.3 is 11.1 Å². The van der Waals surface area contributed by atoms with Crippen LogP contribution in [0.15, 0.2) is 12.1 Å². The molecule has 19 heavy (non-hydrogen) atoms. The molecular weight excluding hydrogens is 283 g/mol. The van der Waals surface area contributed by atoms with E-state index < -0.39 is 11.0 Å². The molecule has 0 aliphatic heterocycles. The van der Waals surface area contributed by atoms with Gasteiger partial charge in [-0.15, -0.1) is 0 Å². The van der Waals surface area contributed by atoms with E-state index in [1.165, 1.54) is 0 Å². The largest absolute Gasteiger partial charge is 0.325 e. The molecule has 1 aromatic rings. The molecule has 0 radical (unpaired) electrons.